The molecule has 0 aliphatic carbocycles. The lowest BCUT2D eigenvalue weighted by Gasteiger charge is -2.10. The van der Waals surface area contributed by atoms with Crippen molar-refractivity contribution in [2.45, 2.75) is 6.92 Å². The van der Waals surface area contributed by atoms with Gasteiger partial charge in [0.2, 0.25) is 0 Å². The third-order valence-electron chi connectivity index (χ3n) is 4.48. The van der Waals surface area contributed by atoms with Crippen molar-refractivity contribution in [2.24, 2.45) is 0 Å². The molecule has 2 heterocycles. The summed E-state index contributed by atoms with van der Waals surface area (Å²) in [5.74, 6) is -0.124. The zero-order chi connectivity index (χ0) is 22.7. The number of pyridine rings is 1. The predicted octanol–water partition coefficient (Wildman–Crippen LogP) is 3.36. The molecular formula is C22H19N7O3. The highest BCUT2D eigenvalue weighted by molar-refractivity contribution is 6.05. The van der Waals surface area contributed by atoms with E-state index in [1.165, 1.54) is 12.4 Å². The molecule has 0 atom stereocenters. The zero-order valence-electron chi connectivity index (χ0n) is 17.0. The minimum atomic E-state index is -0.674. The molecule has 0 radical (unpaired) electrons. The molecule has 0 bridgehead atoms. The van der Waals surface area contributed by atoms with Gasteiger partial charge in [-0.25, -0.2) is 14.8 Å². The second-order valence-electron chi connectivity index (χ2n) is 6.87. The first-order valence-corrected chi connectivity index (χ1v) is 9.52. The maximum absolute atomic E-state index is 12.3. The van der Waals surface area contributed by atoms with E-state index < -0.39 is 12.0 Å². The number of hydrogen-bond donors (Lipinski definition) is 4. The molecule has 2 aromatic heterocycles. The molecule has 0 fully saturated rings. The first-order chi connectivity index (χ1) is 15.4. The van der Waals surface area contributed by atoms with Gasteiger partial charge >= 0.3 is 6.09 Å². The van der Waals surface area contributed by atoms with Crippen LogP contribution in [-0.2, 0) is 0 Å². The highest BCUT2D eigenvalue weighted by atomic mass is 16.6. The fourth-order valence-electron chi connectivity index (χ4n) is 3.03. The highest BCUT2D eigenvalue weighted by Crippen LogP contribution is 2.25. The largest absolute Gasteiger partial charge is 0.417 e. The van der Waals surface area contributed by atoms with Gasteiger partial charge in [0.15, 0.2) is 11.5 Å². The van der Waals surface area contributed by atoms with Crippen molar-refractivity contribution in [1.82, 2.24) is 15.0 Å². The maximum Gasteiger partial charge on any atom is 0.417 e. The average molecular weight is 429 g/mol. The fourth-order valence-corrected chi connectivity index (χ4v) is 3.03. The number of nitrogen functional groups attached to an aromatic ring is 2. The van der Waals surface area contributed by atoms with Crippen LogP contribution in [0, 0.1) is 6.92 Å². The monoisotopic (exact) mass is 429 g/mol. The van der Waals surface area contributed by atoms with Crippen LogP contribution in [-0.4, -0.2) is 27.0 Å². The molecular weight excluding hydrogens is 410 g/mol. The molecule has 0 unspecified atom stereocenters. The summed E-state index contributed by atoms with van der Waals surface area (Å²) in [6.45, 7) is 1.86. The van der Waals surface area contributed by atoms with Gasteiger partial charge in [0.1, 0.15) is 5.75 Å². The Morgan fingerprint density at radius 1 is 0.906 bits per heavy atom. The molecule has 32 heavy (non-hydrogen) atoms. The molecule has 2 aromatic carbocycles. The summed E-state index contributed by atoms with van der Waals surface area (Å²) in [5.41, 5.74) is 14.8. The van der Waals surface area contributed by atoms with Crippen molar-refractivity contribution in [1.29, 1.82) is 0 Å². The van der Waals surface area contributed by atoms with Crippen LogP contribution >= 0.6 is 0 Å². The molecule has 10 nitrogen and oxygen atoms in total. The Kier molecular flexibility index (Phi) is 5.49. The smallest absolute Gasteiger partial charge is 0.410 e. The number of aryl methyl sites for hydroxylation is 1. The molecule has 0 saturated carbocycles. The van der Waals surface area contributed by atoms with Gasteiger partial charge in [0.25, 0.3) is 5.91 Å². The van der Waals surface area contributed by atoms with E-state index in [2.05, 4.69) is 25.6 Å². The minimum Gasteiger partial charge on any atom is -0.410 e. The number of nitrogens with zero attached hydrogens (tertiary/aromatic N) is 3. The van der Waals surface area contributed by atoms with Crippen LogP contribution in [0.2, 0.25) is 0 Å². The van der Waals surface area contributed by atoms with Gasteiger partial charge in [-0.05, 0) is 55.5 Å². The molecule has 0 aliphatic heterocycles. The Balaban J connectivity index is 1.39. The van der Waals surface area contributed by atoms with Crippen LogP contribution in [0.1, 0.15) is 16.2 Å². The Morgan fingerprint density at radius 3 is 2.31 bits per heavy atom. The number of carbonyl (C=O) groups excluding carboxylic acids is 2. The molecule has 160 valence electrons. The lowest BCUT2D eigenvalue weighted by molar-refractivity contribution is 0.102. The van der Waals surface area contributed by atoms with E-state index in [-0.39, 0.29) is 11.5 Å². The Bertz CT molecular complexity index is 1320. The summed E-state index contributed by atoms with van der Waals surface area (Å²) >= 11 is 0. The summed E-state index contributed by atoms with van der Waals surface area (Å²) < 4.78 is 5.35. The van der Waals surface area contributed by atoms with E-state index in [1.807, 2.05) is 6.92 Å². The maximum atomic E-state index is 12.3. The highest BCUT2D eigenvalue weighted by Gasteiger charge is 2.13. The van der Waals surface area contributed by atoms with Crippen molar-refractivity contribution < 1.29 is 14.3 Å². The van der Waals surface area contributed by atoms with Gasteiger partial charge in [-0.15, -0.1) is 0 Å². The number of benzene rings is 2. The SMILES string of the molecule is Cc1cc(N)c2cc(OC(=O)Nc3ccc(NC(=O)c4nccnc4N)cc3)ccc2n1. The number of fused-ring (bicyclic) bond motifs is 1. The average Bonchev–Trinajstić information content (AvgIpc) is 2.75. The number of anilines is 4. The number of ether oxygens (including phenoxy) is 1. The number of nitrogens with two attached hydrogens (primary N) is 2. The van der Waals surface area contributed by atoms with Gasteiger partial charge in [-0.3, -0.25) is 15.1 Å². The summed E-state index contributed by atoms with van der Waals surface area (Å²) in [5, 5.41) is 5.98. The van der Waals surface area contributed by atoms with Crippen molar-refractivity contribution in [3.63, 3.8) is 0 Å². The van der Waals surface area contributed by atoms with E-state index in [4.69, 9.17) is 16.2 Å². The van der Waals surface area contributed by atoms with E-state index >= 15 is 0 Å². The molecule has 4 rings (SSSR count). The van der Waals surface area contributed by atoms with E-state index in [9.17, 15) is 9.59 Å². The summed E-state index contributed by atoms with van der Waals surface area (Å²) in [4.78, 5) is 36.6. The van der Waals surface area contributed by atoms with E-state index in [0.29, 0.717) is 28.2 Å². The van der Waals surface area contributed by atoms with Crippen molar-refractivity contribution in [2.75, 3.05) is 22.1 Å². The third-order valence-corrected chi connectivity index (χ3v) is 4.48. The molecule has 2 amide bonds. The zero-order valence-corrected chi connectivity index (χ0v) is 17.0. The molecule has 0 aliphatic rings. The second kappa shape index (κ2) is 8.56. The number of rotatable bonds is 4. The Hall–Kier alpha value is -4.73. The van der Waals surface area contributed by atoms with Crippen LogP contribution in [0.5, 0.6) is 5.75 Å². The second-order valence-corrected chi connectivity index (χ2v) is 6.87. The van der Waals surface area contributed by atoms with Crippen LogP contribution in [0.15, 0.2) is 60.9 Å². The van der Waals surface area contributed by atoms with E-state index in [1.54, 1.807) is 48.5 Å². The number of hydrogen-bond acceptors (Lipinski definition) is 8. The molecule has 10 heteroatoms. The van der Waals surface area contributed by atoms with Gasteiger partial charge in [-0.1, -0.05) is 0 Å². The predicted molar refractivity (Wildman–Crippen MR) is 121 cm³/mol. The number of carbonyl (C=O) groups is 2. The third kappa shape index (κ3) is 4.54. The quantitative estimate of drug-likeness (QED) is 0.384. The minimum absolute atomic E-state index is 0.0275. The molecule has 4 aromatic rings. The van der Waals surface area contributed by atoms with Crippen LogP contribution < -0.4 is 26.8 Å². The van der Waals surface area contributed by atoms with Crippen molar-refractivity contribution in [3.8, 4) is 5.75 Å². The number of nitrogens with one attached hydrogen (secondary N) is 2. The molecule has 0 saturated heterocycles. The van der Waals surface area contributed by atoms with Gasteiger partial charge in [0, 0.05) is 40.5 Å². The Labute approximate surface area is 182 Å². The first-order valence-electron chi connectivity index (χ1n) is 9.52. The summed E-state index contributed by atoms with van der Waals surface area (Å²) in [6, 6.07) is 13.3. The Morgan fingerprint density at radius 2 is 1.59 bits per heavy atom. The van der Waals surface area contributed by atoms with Gasteiger partial charge < -0.3 is 21.5 Å². The molecule has 0 spiro atoms. The first kappa shape index (κ1) is 20.5. The van der Waals surface area contributed by atoms with Crippen LogP contribution in [0.3, 0.4) is 0 Å². The van der Waals surface area contributed by atoms with Crippen molar-refractivity contribution in [3.05, 3.63) is 72.3 Å². The normalized spacial score (nSPS) is 10.5. The summed E-state index contributed by atoms with van der Waals surface area (Å²) in [6.07, 6.45) is 2.11. The van der Waals surface area contributed by atoms with Crippen LogP contribution in [0.4, 0.5) is 27.7 Å². The number of amides is 2. The van der Waals surface area contributed by atoms with E-state index in [0.717, 1.165) is 11.2 Å². The van der Waals surface area contributed by atoms with Gasteiger partial charge in [0.05, 0.1) is 5.52 Å². The summed E-state index contributed by atoms with van der Waals surface area (Å²) in [7, 11) is 0. The fraction of sp³-hybridized carbons (Fsp3) is 0.0455. The number of aromatic nitrogens is 3. The van der Waals surface area contributed by atoms with Gasteiger partial charge in [-0.2, -0.15) is 0 Å². The van der Waals surface area contributed by atoms with Crippen molar-refractivity contribution >= 4 is 45.8 Å². The molecule has 6 N–H and O–H groups in total. The standard InChI is InChI=1S/C22H19N7O3/c1-12-10-17(23)16-11-15(6-7-18(16)27-12)32-22(31)29-14-4-2-13(3-5-14)28-21(30)19-20(24)26-9-8-25-19/h2-11H,1H3,(H2,23,27)(H2,24,26)(H,28,30)(H,29,31). The lowest BCUT2D eigenvalue weighted by atomic mass is 10.1. The van der Waals surface area contributed by atoms with Crippen LogP contribution in [0.25, 0.3) is 10.9 Å². The lowest BCUT2D eigenvalue weighted by Crippen LogP contribution is -2.17. The topological polar surface area (TPSA) is 158 Å².